The van der Waals surface area contributed by atoms with Gasteiger partial charge in [0, 0.05) is 21.5 Å². The van der Waals surface area contributed by atoms with Gasteiger partial charge < -0.3 is 4.42 Å². The van der Waals surface area contributed by atoms with Crippen molar-refractivity contribution in [2.75, 3.05) is 0 Å². The standard InChI is InChI=1S/C32H17N3O/c1-2-7-18(8-3-1)19-13-15-24-25(17-19)34-32-29(33-24)23-11-6-10-20-21-14-16-27-28(31(21)35(32)30(20)23)22-9-4-5-12-26(22)36-27/h1-17H. The third-order valence-electron chi connectivity index (χ3n) is 7.51. The second-order valence-corrected chi connectivity index (χ2v) is 9.44. The van der Waals surface area contributed by atoms with E-state index in [0.717, 1.165) is 60.6 Å². The number of fused-ring (bicyclic) bond motifs is 11. The molecule has 0 amide bonds. The molecule has 0 saturated heterocycles. The molecular formula is C32H17N3O. The first-order chi connectivity index (χ1) is 17.8. The van der Waals surface area contributed by atoms with Gasteiger partial charge in [-0.15, -0.1) is 0 Å². The molecule has 4 heteroatoms. The lowest BCUT2D eigenvalue weighted by Gasteiger charge is -2.05. The zero-order valence-electron chi connectivity index (χ0n) is 19.1. The van der Waals surface area contributed by atoms with Crippen molar-refractivity contribution >= 4 is 71.3 Å². The molecule has 0 fully saturated rings. The minimum absolute atomic E-state index is 0.881. The third-order valence-corrected chi connectivity index (χ3v) is 7.51. The minimum atomic E-state index is 0.881. The highest BCUT2D eigenvalue weighted by molar-refractivity contribution is 6.29. The lowest BCUT2D eigenvalue weighted by atomic mass is 10.0. The maximum absolute atomic E-state index is 6.25. The number of hydrogen-bond donors (Lipinski definition) is 0. The lowest BCUT2D eigenvalue weighted by Crippen LogP contribution is -1.90. The molecule has 9 aromatic rings. The summed E-state index contributed by atoms with van der Waals surface area (Å²) in [5.41, 5.74) is 10.00. The number of hydrogen-bond acceptors (Lipinski definition) is 3. The predicted octanol–water partition coefficient (Wildman–Crippen LogP) is 8.35. The average molecular weight is 460 g/mol. The summed E-state index contributed by atoms with van der Waals surface area (Å²) in [6.45, 7) is 0. The largest absolute Gasteiger partial charge is 0.456 e. The highest BCUT2D eigenvalue weighted by Gasteiger charge is 2.23. The Morgan fingerprint density at radius 2 is 1.33 bits per heavy atom. The molecule has 4 nitrogen and oxygen atoms in total. The Labute approximate surface area is 204 Å². The lowest BCUT2D eigenvalue weighted by molar-refractivity contribution is 0.669. The summed E-state index contributed by atoms with van der Waals surface area (Å²) in [4.78, 5) is 10.4. The maximum Gasteiger partial charge on any atom is 0.165 e. The molecule has 0 atom stereocenters. The summed E-state index contributed by atoms with van der Waals surface area (Å²) >= 11 is 0. The molecule has 5 aromatic carbocycles. The fraction of sp³-hybridized carbons (Fsp3) is 0. The summed E-state index contributed by atoms with van der Waals surface area (Å²) < 4.78 is 8.55. The van der Waals surface area contributed by atoms with E-state index in [0.29, 0.717) is 0 Å². The zero-order valence-corrected chi connectivity index (χ0v) is 19.1. The van der Waals surface area contributed by atoms with Crippen LogP contribution in [0.4, 0.5) is 0 Å². The van der Waals surface area contributed by atoms with Gasteiger partial charge in [-0.25, -0.2) is 9.97 Å². The zero-order chi connectivity index (χ0) is 23.4. The van der Waals surface area contributed by atoms with Crippen molar-refractivity contribution in [3.8, 4) is 11.1 Å². The van der Waals surface area contributed by atoms with Gasteiger partial charge in [0.1, 0.15) is 16.7 Å². The van der Waals surface area contributed by atoms with E-state index >= 15 is 0 Å². The van der Waals surface area contributed by atoms with Crippen LogP contribution in [-0.4, -0.2) is 14.4 Å². The van der Waals surface area contributed by atoms with Crippen LogP contribution in [-0.2, 0) is 0 Å². The molecule has 36 heavy (non-hydrogen) atoms. The molecule has 4 heterocycles. The summed E-state index contributed by atoms with van der Waals surface area (Å²) in [5, 5.41) is 5.78. The highest BCUT2D eigenvalue weighted by Crippen LogP contribution is 2.43. The van der Waals surface area contributed by atoms with E-state index in [4.69, 9.17) is 14.4 Å². The van der Waals surface area contributed by atoms with Gasteiger partial charge in [0.2, 0.25) is 0 Å². The maximum atomic E-state index is 6.25. The Bertz CT molecular complexity index is 2310. The summed E-state index contributed by atoms with van der Waals surface area (Å²) in [6, 6.07) is 35.8. The van der Waals surface area contributed by atoms with Crippen molar-refractivity contribution < 1.29 is 4.42 Å². The molecule has 0 radical (unpaired) electrons. The Balaban J connectivity index is 1.50. The second kappa shape index (κ2) is 6.37. The summed E-state index contributed by atoms with van der Waals surface area (Å²) in [7, 11) is 0. The van der Waals surface area contributed by atoms with Crippen LogP contribution in [0.3, 0.4) is 0 Å². The fourth-order valence-corrected chi connectivity index (χ4v) is 5.96. The predicted molar refractivity (Wildman–Crippen MR) is 147 cm³/mol. The van der Waals surface area contributed by atoms with Crippen LogP contribution in [0.25, 0.3) is 82.5 Å². The van der Waals surface area contributed by atoms with Gasteiger partial charge in [-0.1, -0.05) is 72.8 Å². The summed E-state index contributed by atoms with van der Waals surface area (Å²) in [5.74, 6) is 0. The SMILES string of the molecule is c1ccc(-c2ccc3nc4c5cccc6c7ccc8oc9ccccc9c8c7n(c4nc3c2)c65)cc1. The molecule has 0 aliphatic heterocycles. The van der Waals surface area contributed by atoms with E-state index in [1.54, 1.807) is 0 Å². The minimum Gasteiger partial charge on any atom is -0.456 e. The molecule has 0 saturated carbocycles. The number of aromatic nitrogens is 3. The van der Waals surface area contributed by atoms with Gasteiger partial charge in [0.05, 0.1) is 27.5 Å². The average Bonchev–Trinajstić information content (AvgIpc) is 3.58. The van der Waals surface area contributed by atoms with Crippen LogP contribution in [0, 0.1) is 0 Å². The van der Waals surface area contributed by atoms with E-state index in [-0.39, 0.29) is 0 Å². The van der Waals surface area contributed by atoms with Gasteiger partial charge in [-0.05, 0) is 41.5 Å². The molecule has 0 unspecified atom stereocenters. The third kappa shape index (κ3) is 2.19. The van der Waals surface area contributed by atoms with Crippen molar-refractivity contribution in [3.63, 3.8) is 0 Å². The number of rotatable bonds is 1. The van der Waals surface area contributed by atoms with Crippen LogP contribution in [0.2, 0.25) is 0 Å². The van der Waals surface area contributed by atoms with Gasteiger partial charge >= 0.3 is 0 Å². The first kappa shape index (κ1) is 18.4. The Hall–Kier alpha value is -4.96. The molecule has 0 spiro atoms. The smallest absolute Gasteiger partial charge is 0.165 e. The van der Waals surface area contributed by atoms with Crippen LogP contribution in [0.5, 0.6) is 0 Å². The van der Waals surface area contributed by atoms with E-state index in [1.807, 2.05) is 18.2 Å². The molecule has 4 aromatic heterocycles. The van der Waals surface area contributed by atoms with E-state index in [2.05, 4.69) is 89.3 Å². The first-order valence-corrected chi connectivity index (χ1v) is 12.1. The van der Waals surface area contributed by atoms with E-state index in [1.165, 1.54) is 21.9 Å². The highest BCUT2D eigenvalue weighted by atomic mass is 16.3. The number of para-hydroxylation sites is 2. The van der Waals surface area contributed by atoms with Crippen molar-refractivity contribution in [3.05, 3.63) is 103 Å². The van der Waals surface area contributed by atoms with Crippen LogP contribution in [0.1, 0.15) is 0 Å². The van der Waals surface area contributed by atoms with Crippen LogP contribution >= 0.6 is 0 Å². The van der Waals surface area contributed by atoms with Crippen molar-refractivity contribution in [2.45, 2.75) is 0 Å². The van der Waals surface area contributed by atoms with Crippen LogP contribution < -0.4 is 0 Å². The van der Waals surface area contributed by atoms with E-state index in [9.17, 15) is 0 Å². The van der Waals surface area contributed by atoms with Crippen molar-refractivity contribution in [2.24, 2.45) is 0 Å². The fourth-order valence-electron chi connectivity index (χ4n) is 5.96. The second-order valence-electron chi connectivity index (χ2n) is 9.44. The molecule has 0 aliphatic carbocycles. The summed E-state index contributed by atoms with van der Waals surface area (Å²) in [6.07, 6.45) is 0. The Morgan fingerprint density at radius 1 is 0.528 bits per heavy atom. The van der Waals surface area contributed by atoms with Gasteiger partial charge in [-0.2, -0.15) is 0 Å². The molecule has 0 bridgehead atoms. The topological polar surface area (TPSA) is 43.3 Å². The molecule has 9 rings (SSSR count). The van der Waals surface area contributed by atoms with Gasteiger partial charge in [0.25, 0.3) is 0 Å². The Kier molecular flexibility index (Phi) is 3.25. The van der Waals surface area contributed by atoms with Crippen LogP contribution in [0.15, 0.2) is 108 Å². The molecule has 0 N–H and O–H groups in total. The van der Waals surface area contributed by atoms with Gasteiger partial charge in [-0.3, -0.25) is 4.40 Å². The van der Waals surface area contributed by atoms with E-state index < -0.39 is 0 Å². The normalized spacial score (nSPS) is 12.4. The van der Waals surface area contributed by atoms with Crippen molar-refractivity contribution in [1.29, 1.82) is 0 Å². The molecule has 0 aliphatic rings. The quantitative estimate of drug-likeness (QED) is 0.248. The van der Waals surface area contributed by atoms with Gasteiger partial charge in [0.15, 0.2) is 5.65 Å². The first-order valence-electron chi connectivity index (χ1n) is 12.1. The number of furan rings is 1. The molecular weight excluding hydrogens is 442 g/mol. The monoisotopic (exact) mass is 459 g/mol. The molecule has 166 valence electrons. The number of nitrogens with zero attached hydrogens (tertiary/aromatic N) is 3. The Morgan fingerprint density at radius 3 is 2.28 bits per heavy atom. The van der Waals surface area contributed by atoms with Crippen molar-refractivity contribution in [1.82, 2.24) is 14.4 Å². The number of benzene rings is 5.